The topological polar surface area (TPSA) is 53.6 Å². The Morgan fingerprint density at radius 2 is 2.44 bits per heavy atom. The zero-order valence-electron chi connectivity index (χ0n) is 9.53. The van der Waals surface area contributed by atoms with Gasteiger partial charge in [0.1, 0.15) is 5.82 Å². The largest absolute Gasteiger partial charge is 0.347 e. The van der Waals surface area contributed by atoms with Crippen molar-refractivity contribution in [3.63, 3.8) is 0 Å². The van der Waals surface area contributed by atoms with Gasteiger partial charge in [-0.05, 0) is 13.5 Å². The van der Waals surface area contributed by atoms with Gasteiger partial charge < -0.3 is 10.3 Å². The van der Waals surface area contributed by atoms with Gasteiger partial charge in [0.05, 0.1) is 16.7 Å². The maximum atomic E-state index is 4.48. The van der Waals surface area contributed by atoms with Gasteiger partial charge >= 0.3 is 0 Å². The van der Waals surface area contributed by atoms with E-state index in [4.69, 9.17) is 0 Å². The van der Waals surface area contributed by atoms with Crippen molar-refractivity contribution in [2.24, 2.45) is 0 Å². The van der Waals surface area contributed by atoms with Crippen molar-refractivity contribution >= 4 is 11.3 Å². The van der Waals surface area contributed by atoms with Crippen LogP contribution in [0.4, 0.5) is 0 Å². The number of nitrogens with zero attached hydrogens (tertiary/aromatic N) is 2. The fourth-order valence-electron chi connectivity index (χ4n) is 1.69. The zero-order chi connectivity index (χ0) is 11.4. The highest BCUT2D eigenvalue weighted by atomic mass is 32.1. The van der Waals surface area contributed by atoms with Gasteiger partial charge in [-0.3, -0.25) is 0 Å². The number of nitrogens with one attached hydrogen (secondary N) is 2. The van der Waals surface area contributed by atoms with Crippen LogP contribution in [-0.2, 0) is 6.42 Å². The first-order valence-corrected chi connectivity index (χ1v) is 6.31. The predicted octanol–water partition coefficient (Wildman–Crippen LogP) is 2.07. The molecule has 2 N–H and O–H groups in total. The molecule has 2 rings (SSSR count). The third kappa shape index (κ3) is 2.68. The summed E-state index contributed by atoms with van der Waals surface area (Å²) >= 11 is 1.69. The fourth-order valence-corrected chi connectivity index (χ4v) is 2.32. The Kier molecular flexibility index (Phi) is 3.69. The summed E-state index contributed by atoms with van der Waals surface area (Å²) < 4.78 is 0. The van der Waals surface area contributed by atoms with Crippen LogP contribution in [0.1, 0.15) is 29.5 Å². The number of likely N-dealkylation sites (N-methyl/N-ethyl adjacent to an activating group) is 1. The molecule has 2 aromatic heterocycles. The van der Waals surface area contributed by atoms with Crippen LogP contribution < -0.4 is 5.32 Å². The average Bonchev–Trinajstić information content (AvgIpc) is 2.88. The van der Waals surface area contributed by atoms with Crippen molar-refractivity contribution in [3.05, 3.63) is 34.3 Å². The quantitative estimate of drug-likeness (QED) is 0.835. The third-order valence-corrected chi connectivity index (χ3v) is 3.20. The number of hydrogen-bond donors (Lipinski definition) is 2. The molecule has 0 spiro atoms. The monoisotopic (exact) mass is 236 g/mol. The van der Waals surface area contributed by atoms with Crippen LogP contribution in [0.5, 0.6) is 0 Å². The van der Waals surface area contributed by atoms with E-state index in [1.54, 1.807) is 17.5 Å². The molecule has 1 atom stereocenters. The molecule has 0 aromatic carbocycles. The first kappa shape index (κ1) is 11.3. The molecule has 4 nitrogen and oxygen atoms in total. The summed E-state index contributed by atoms with van der Waals surface area (Å²) in [5.41, 5.74) is 1.13. The number of aryl methyl sites for hydroxylation is 1. The van der Waals surface area contributed by atoms with Gasteiger partial charge in [0, 0.05) is 24.2 Å². The number of hydrogen-bond acceptors (Lipinski definition) is 4. The number of aromatic amines is 1. The Morgan fingerprint density at radius 1 is 1.56 bits per heavy atom. The number of aromatic nitrogens is 3. The molecule has 16 heavy (non-hydrogen) atoms. The Bertz CT molecular complexity index is 421. The van der Waals surface area contributed by atoms with Crippen LogP contribution in [0.2, 0.25) is 0 Å². The van der Waals surface area contributed by atoms with Gasteiger partial charge in [0.15, 0.2) is 0 Å². The molecule has 0 saturated carbocycles. The Morgan fingerprint density at radius 3 is 3.00 bits per heavy atom. The van der Waals surface area contributed by atoms with E-state index in [-0.39, 0.29) is 6.04 Å². The summed E-state index contributed by atoms with van der Waals surface area (Å²) in [6.07, 6.45) is 4.52. The van der Waals surface area contributed by atoms with Crippen LogP contribution in [0.15, 0.2) is 17.8 Å². The molecule has 0 saturated heterocycles. The summed E-state index contributed by atoms with van der Waals surface area (Å²) in [4.78, 5) is 11.9. The van der Waals surface area contributed by atoms with Crippen LogP contribution >= 0.6 is 11.3 Å². The SMILES string of the molecule is CCNC(Cc1csc(C)n1)c1ncc[nH]1. The van der Waals surface area contributed by atoms with E-state index in [1.165, 1.54) is 0 Å². The van der Waals surface area contributed by atoms with Crippen molar-refractivity contribution in [1.29, 1.82) is 0 Å². The smallest absolute Gasteiger partial charge is 0.123 e. The Labute approximate surface area is 99.2 Å². The second-order valence-corrected chi connectivity index (χ2v) is 4.71. The Balaban J connectivity index is 2.09. The van der Waals surface area contributed by atoms with Gasteiger partial charge in [-0.1, -0.05) is 6.92 Å². The summed E-state index contributed by atoms with van der Waals surface area (Å²) in [5.74, 6) is 0.979. The highest BCUT2D eigenvalue weighted by Gasteiger charge is 2.14. The summed E-state index contributed by atoms with van der Waals surface area (Å²) in [7, 11) is 0. The lowest BCUT2D eigenvalue weighted by Gasteiger charge is -2.13. The van der Waals surface area contributed by atoms with Crippen molar-refractivity contribution in [1.82, 2.24) is 20.3 Å². The second kappa shape index (κ2) is 5.23. The minimum absolute atomic E-state index is 0.224. The van der Waals surface area contributed by atoms with Crippen LogP contribution in [0.3, 0.4) is 0 Å². The fraction of sp³-hybridized carbons (Fsp3) is 0.455. The molecule has 0 bridgehead atoms. The lowest BCUT2D eigenvalue weighted by atomic mass is 10.1. The maximum Gasteiger partial charge on any atom is 0.123 e. The highest BCUT2D eigenvalue weighted by Crippen LogP contribution is 2.16. The standard InChI is InChI=1S/C11H16N4S/c1-3-12-10(11-13-4-5-14-11)6-9-7-16-8(2)15-9/h4-5,7,10,12H,3,6H2,1-2H3,(H,13,14). The number of rotatable bonds is 5. The molecule has 0 fully saturated rings. The van der Waals surface area contributed by atoms with Crippen LogP contribution in [0, 0.1) is 6.92 Å². The van der Waals surface area contributed by atoms with E-state index in [9.17, 15) is 0 Å². The predicted molar refractivity (Wildman–Crippen MR) is 65.6 cm³/mol. The van der Waals surface area contributed by atoms with Gasteiger partial charge in [-0.25, -0.2) is 9.97 Å². The molecule has 0 aliphatic heterocycles. The van der Waals surface area contributed by atoms with Gasteiger partial charge in [0.2, 0.25) is 0 Å². The van der Waals surface area contributed by atoms with Gasteiger partial charge in [0.25, 0.3) is 0 Å². The number of thiazole rings is 1. The van der Waals surface area contributed by atoms with E-state index in [0.29, 0.717) is 0 Å². The highest BCUT2D eigenvalue weighted by molar-refractivity contribution is 7.09. The molecule has 0 aliphatic rings. The van der Waals surface area contributed by atoms with Crippen molar-refractivity contribution in [3.8, 4) is 0 Å². The lowest BCUT2D eigenvalue weighted by Crippen LogP contribution is -2.24. The minimum atomic E-state index is 0.224. The molecular formula is C11H16N4S. The Hall–Kier alpha value is -1.20. The summed E-state index contributed by atoms with van der Waals surface area (Å²) in [6.45, 7) is 5.06. The molecule has 0 radical (unpaired) electrons. The van der Waals surface area contributed by atoms with Crippen LogP contribution in [-0.4, -0.2) is 21.5 Å². The molecule has 2 heterocycles. The number of imidazole rings is 1. The maximum absolute atomic E-state index is 4.48. The summed E-state index contributed by atoms with van der Waals surface area (Å²) in [5, 5.41) is 6.64. The van der Waals surface area contributed by atoms with E-state index in [0.717, 1.165) is 29.5 Å². The van der Waals surface area contributed by atoms with Crippen molar-refractivity contribution in [2.45, 2.75) is 26.3 Å². The molecule has 2 aromatic rings. The van der Waals surface area contributed by atoms with E-state index < -0.39 is 0 Å². The number of H-pyrrole nitrogens is 1. The van der Waals surface area contributed by atoms with Gasteiger partial charge in [-0.15, -0.1) is 11.3 Å². The molecular weight excluding hydrogens is 220 g/mol. The normalized spacial score (nSPS) is 12.9. The van der Waals surface area contributed by atoms with E-state index in [2.05, 4.69) is 32.6 Å². The lowest BCUT2D eigenvalue weighted by molar-refractivity contribution is 0.522. The van der Waals surface area contributed by atoms with E-state index >= 15 is 0 Å². The average molecular weight is 236 g/mol. The van der Waals surface area contributed by atoms with E-state index in [1.807, 2.05) is 13.1 Å². The summed E-state index contributed by atoms with van der Waals surface area (Å²) in [6, 6.07) is 0.224. The molecule has 0 amide bonds. The zero-order valence-corrected chi connectivity index (χ0v) is 10.3. The van der Waals surface area contributed by atoms with Crippen molar-refractivity contribution < 1.29 is 0 Å². The third-order valence-electron chi connectivity index (χ3n) is 2.38. The second-order valence-electron chi connectivity index (χ2n) is 3.65. The first-order valence-electron chi connectivity index (χ1n) is 5.43. The van der Waals surface area contributed by atoms with Crippen LogP contribution in [0.25, 0.3) is 0 Å². The molecule has 5 heteroatoms. The molecule has 0 aliphatic carbocycles. The minimum Gasteiger partial charge on any atom is -0.347 e. The first-order chi connectivity index (χ1) is 7.79. The van der Waals surface area contributed by atoms with Crippen molar-refractivity contribution in [2.75, 3.05) is 6.54 Å². The molecule has 1 unspecified atom stereocenters. The molecule has 86 valence electrons. The van der Waals surface area contributed by atoms with Gasteiger partial charge in [-0.2, -0.15) is 0 Å².